The highest BCUT2D eigenvalue weighted by Gasteiger charge is 2.08. The third kappa shape index (κ3) is 2.71. The van der Waals surface area contributed by atoms with Crippen molar-refractivity contribution in [2.75, 3.05) is 7.11 Å². The van der Waals surface area contributed by atoms with Gasteiger partial charge in [-0.25, -0.2) is 9.78 Å². The number of benzene rings is 1. The summed E-state index contributed by atoms with van der Waals surface area (Å²) in [6, 6.07) is 13.0. The predicted molar refractivity (Wildman–Crippen MR) is 68.7 cm³/mol. The lowest BCUT2D eigenvalue weighted by atomic mass is 10.1. The predicted octanol–water partition coefficient (Wildman–Crippen LogP) is 3.30. The number of carbonyl (C=O) groups excluding carboxylic acids is 1. The molecular weight excluding hydrogens is 282 g/mol. The highest BCUT2D eigenvalue weighted by atomic mass is 79.9. The van der Waals surface area contributed by atoms with Crippen molar-refractivity contribution in [1.29, 1.82) is 0 Å². The van der Waals surface area contributed by atoms with Gasteiger partial charge in [-0.3, -0.25) is 0 Å². The maximum Gasteiger partial charge on any atom is 0.356 e. The second-order valence-corrected chi connectivity index (χ2v) is 4.32. The van der Waals surface area contributed by atoms with E-state index in [1.165, 1.54) is 7.11 Å². The van der Waals surface area contributed by atoms with Crippen LogP contribution < -0.4 is 0 Å². The third-order valence-corrected chi connectivity index (χ3v) is 2.81. The first-order valence-electron chi connectivity index (χ1n) is 5.02. The molecule has 3 nitrogen and oxygen atoms in total. The first-order valence-corrected chi connectivity index (χ1v) is 5.81. The molecule has 0 saturated carbocycles. The number of hydrogen-bond donors (Lipinski definition) is 0. The first kappa shape index (κ1) is 11.8. The molecule has 0 atom stereocenters. The highest BCUT2D eigenvalue weighted by Crippen LogP contribution is 2.20. The number of halogens is 1. The van der Waals surface area contributed by atoms with E-state index in [4.69, 9.17) is 0 Å². The smallest absolute Gasteiger partial charge is 0.356 e. The van der Waals surface area contributed by atoms with E-state index in [0.29, 0.717) is 5.69 Å². The van der Waals surface area contributed by atoms with Crippen molar-refractivity contribution < 1.29 is 9.53 Å². The second-order valence-electron chi connectivity index (χ2n) is 3.41. The number of methoxy groups -OCH3 is 1. The molecule has 0 fully saturated rings. The molecule has 0 aliphatic carbocycles. The van der Waals surface area contributed by atoms with Gasteiger partial charge >= 0.3 is 5.97 Å². The van der Waals surface area contributed by atoms with Crippen molar-refractivity contribution in [3.63, 3.8) is 0 Å². The summed E-state index contributed by atoms with van der Waals surface area (Å²) in [7, 11) is 1.34. The fourth-order valence-electron chi connectivity index (χ4n) is 1.43. The van der Waals surface area contributed by atoms with Crippen LogP contribution in [0.25, 0.3) is 11.3 Å². The molecule has 2 rings (SSSR count). The van der Waals surface area contributed by atoms with Crippen LogP contribution in [0.15, 0.2) is 46.9 Å². The number of ether oxygens (including phenoxy) is 1. The van der Waals surface area contributed by atoms with E-state index in [1.54, 1.807) is 12.1 Å². The number of hydrogen-bond acceptors (Lipinski definition) is 3. The summed E-state index contributed by atoms with van der Waals surface area (Å²) in [6.45, 7) is 0. The molecule has 0 N–H and O–H groups in total. The van der Waals surface area contributed by atoms with Gasteiger partial charge in [0, 0.05) is 10.0 Å². The molecular formula is C13H10BrNO2. The lowest BCUT2D eigenvalue weighted by Gasteiger charge is -2.03. The number of rotatable bonds is 2. The number of pyridine rings is 1. The van der Waals surface area contributed by atoms with Gasteiger partial charge in [0.2, 0.25) is 0 Å². The van der Waals surface area contributed by atoms with Gasteiger partial charge in [-0.1, -0.05) is 34.1 Å². The summed E-state index contributed by atoms with van der Waals surface area (Å²) in [6.07, 6.45) is 0. The van der Waals surface area contributed by atoms with E-state index in [0.717, 1.165) is 15.7 Å². The van der Waals surface area contributed by atoms with Crippen LogP contribution in [-0.4, -0.2) is 18.1 Å². The van der Waals surface area contributed by atoms with Crippen LogP contribution >= 0.6 is 15.9 Å². The Kier molecular flexibility index (Phi) is 3.54. The topological polar surface area (TPSA) is 39.2 Å². The highest BCUT2D eigenvalue weighted by molar-refractivity contribution is 9.10. The molecule has 0 amide bonds. The Morgan fingerprint density at radius 3 is 2.53 bits per heavy atom. The fourth-order valence-corrected chi connectivity index (χ4v) is 1.70. The summed E-state index contributed by atoms with van der Waals surface area (Å²) < 4.78 is 5.64. The number of carbonyl (C=O) groups is 1. The molecule has 0 spiro atoms. The summed E-state index contributed by atoms with van der Waals surface area (Å²) in [4.78, 5) is 15.6. The summed E-state index contributed by atoms with van der Waals surface area (Å²) in [5, 5.41) is 0. The zero-order valence-electron chi connectivity index (χ0n) is 9.18. The van der Waals surface area contributed by atoms with Crippen molar-refractivity contribution in [3.05, 3.63) is 52.6 Å². The minimum atomic E-state index is -0.427. The SMILES string of the molecule is COC(=O)c1cccc(-c2ccc(Br)cc2)n1. The molecule has 0 saturated heterocycles. The Balaban J connectivity index is 2.39. The molecule has 0 aliphatic rings. The Morgan fingerprint density at radius 1 is 1.18 bits per heavy atom. The van der Waals surface area contributed by atoms with Crippen LogP contribution in [0.2, 0.25) is 0 Å². The molecule has 0 bridgehead atoms. The van der Waals surface area contributed by atoms with Gasteiger partial charge in [-0.15, -0.1) is 0 Å². The fraction of sp³-hybridized carbons (Fsp3) is 0.0769. The molecule has 0 unspecified atom stereocenters. The average molecular weight is 292 g/mol. The monoisotopic (exact) mass is 291 g/mol. The number of aromatic nitrogens is 1. The number of esters is 1. The molecule has 86 valence electrons. The maximum atomic E-state index is 11.4. The third-order valence-electron chi connectivity index (χ3n) is 2.28. The summed E-state index contributed by atoms with van der Waals surface area (Å²) in [5.41, 5.74) is 2.02. The van der Waals surface area contributed by atoms with Crippen LogP contribution in [0.5, 0.6) is 0 Å². The van der Waals surface area contributed by atoms with E-state index in [1.807, 2.05) is 30.3 Å². The molecule has 1 aromatic carbocycles. The van der Waals surface area contributed by atoms with E-state index in [2.05, 4.69) is 25.7 Å². The van der Waals surface area contributed by atoms with Crippen LogP contribution in [-0.2, 0) is 4.74 Å². The Bertz CT molecular complexity index is 537. The summed E-state index contributed by atoms with van der Waals surface area (Å²) >= 11 is 3.37. The minimum absolute atomic E-state index is 0.313. The second kappa shape index (κ2) is 5.10. The van der Waals surface area contributed by atoms with Crippen molar-refractivity contribution in [1.82, 2.24) is 4.98 Å². The van der Waals surface area contributed by atoms with Crippen LogP contribution in [0, 0.1) is 0 Å². The van der Waals surface area contributed by atoms with Gasteiger partial charge in [0.15, 0.2) is 0 Å². The Hall–Kier alpha value is -1.68. The van der Waals surface area contributed by atoms with Crippen molar-refractivity contribution in [3.8, 4) is 11.3 Å². The normalized spacial score (nSPS) is 10.0. The maximum absolute atomic E-state index is 11.4. The zero-order valence-corrected chi connectivity index (χ0v) is 10.8. The molecule has 0 radical (unpaired) electrons. The van der Waals surface area contributed by atoms with E-state index in [9.17, 15) is 4.79 Å². The molecule has 4 heteroatoms. The van der Waals surface area contributed by atoms with Gasteiger partial charge in [0.1, 0.15) is 5.69 Å². The van der Waals surface area contributed by atoms with Gasteiger partial charge < -0.3 is 4.74 Å². The van der Waals surface area contributed by atoms with Crippen LogP contribution in [0.1, 0.15) is 10.5 Å². The quantitative estimate of drug-likeness (QED) is 0.797. The Labute approximate surface area is 108 Å². The first-order chi connectivity index (χ1) is 8.20. The van der Waals surface area contributed by atoms with Gasteiger partial charge in [0.25, 0.3) is 0 Å². The minimum Gasteiger partial charge on any atom is -0.464 e. The number of nitrogens with zero attached hydrogens (tertiary/aromatic N) is 1. The van der Waals surface area contributed by atoms with Crippen molar-refractivity contribution >= 4 is 21.9 Å². The van der Waals surface area contributed by atoms with E-state index < -0.39 is 5.97 Å². The van der Waals surface area contributed by atoms with Gasteiger partial charge in [-0.05, 0) is 24.3 Å². The van der Waals surface area contributed by atoms with Crippen molar-refractivity contribution in [2.24, 2.45) is 0 Å². The molecule has 1 aromatic heterocycles. The molecule has 17 heavy (non-hydrogen) atoms. The van der Waals surface area contributed by atoms with Crippen molar-refractivity contribution in [2.45, 2.75) is 0 Å². The largest absolute Gasteiger partial charge is 0.464 e. The van der Waals surface area contributed by atoms with Crippen LogP contribution in [0.3, 0.4) is 0 Å². The van der Waals surface area contributed by atoms with E-state index in [-0.39, 0.29) is 0 Å². The van der Waals surface area contributed by atoms with Gasteiger partial charge in [-0.2, -0.15) is 0 Å². The lowest BCUT2D eigenvalue weighted by Crippen LogP contribution is -2.04. The molecule has 0 aliphatic heterocycles. The van der Waals surface area contributed by atoms with Crippen LogP contribution in [0.4, 0.5) is 0 Å². The van der Waals surface area contributed by atoms with Gasteiger partial charge in [0.05, 0.1) is 12.8 Å². The summed E-state index contributed by atoms with van der Waals surface area (Å²) in [5.74, 6) is -0.427. The average Bonchev–Trinajstić information content (AvgIpc) is 2.39. The molecule has 2 aromatic rings. The zero-order chi connectivity index (χ0) is 12.3. The van der Waals surface area contributed by atoms with E-state index >= 15 is 0 Å². The Morgan fingerprint density at radius 2 is 1.88 bits per heavy atom. The standard InChI is InChI=1S/C13H10BrNO2/c1-17-13(16)12-4-2-3-11(15-12)9-5-7-10(14)8-6-9/h2-8H,1H3. The molecule has 1 heterocycles. The lowest BCUT2D eigenvalue weighted by molar-refractivity contribution is 0.0594.